The Morgan fingerprint density at radius 2 is 1.70 bits per heavy atom. The lowest BCUT2D eigenvalue weighted by Crippen LogP contribution is -2.52. The quantitative estimate of drug-likeness (QED) is 0.0870. The van der Waals surface area contributed by atoms with Gasteiger partial charge in [0.2, 0.25) is 17.7 Å². The molecule has 0 aliphatic heterocycles. The molecule has 6 amide bonds. The number of likely N-dealkylation sites (N-methyl/N-ethyl adjacent to an activating group) is 1. The van der Waals surface area contributed by atoms with Crippen LogP contribution in [0.5, 0.6) is 0 Å². The fraction of sp³-hybridized carbons (Fsp3) is 0.548. The normalized spacial score (nSPS) is 10.7. The first-order valence-corrected chi connectivity index (χ1v) is 16.7. The number of benzene rings is 1. The molecule has 0 bridgehead atoms. The number of nitrogens with one attached hydrogen (secondary N) is 6. The van der Waals surface area contributed by atoms with Gasteiger partial charge in [0, 0.05) is 17.8 Å². The van der Waals surface area contributed by atoms with Gasteiger partial charge >= 0.3 is 6.03 Å². The van der Waals surface area contributed by atoms with Crippen LogP contribution in [0.3, 0.4) is 0 Å². The number of unbranched alkanes of at least 4 members (excludes halogenated alkanes) is 1. The van der Waals surface area contributed by atoms with Crippen molar-refractivity contribution >= 4 is 50.1 Å². The lowest BCUT2D eigenvalue weighted by molar-refractivity contribution is -0.130. The Morgan fingerprint density at radius 3 is 2.20 bits per heavy atom. The maximum Gasteiger partial charge on any atom is 0.312 e. The number of aliphatic hydroxyl groups is 1. The number of rotatable bonds is 18. The first kappa shape index (κ1) is 45.5. The van der Waals surface area contributed by atoms with Crippen molar-refractivity contribution in [1.29, 1.82) is 0 Å². The molecule has 0 aliphatic carbocycles. The second-order valence-corrected chi connectivity index (χ2v) is 11.7. The number of aliphatic hydroxyl groups excluding tert-OH is 1. The molecule has 0 saturated carbocycles. The van der Waals surface area contributed by atoms with Crippen molar-refractivity contribution in [3.05, 3.63) is 41.2 Å². The number of nitrogens with two attached hydrogens (primary N) is 2. The molecule has 2 atom stereocenters. The number of primary amides is 1. The largest absolute Gasteiger partial charge is 0.392 e. The van der Waals surface area contributed by atoms with Crippen LogP contribution in [0.2, 0.25) is 0 Å². The Morgan fingerprint density at radius 1 is 1.00 bits per heavy atom. The molecule has 18 nitrogen and oxygen atoms in total. The predicted molar refractivity (Wildman–Crippen MR) is 192 cm³/mol. The third kappa shape index (κ3) is 20.1. The van der Waals surface area contributed by atoms with Crippen molar-refractivity contribution in [3.8, 4) is 0 Å². The molecular weight excluding hydrogens is 669 g/mol. The summed E-state index contributed by atoms with van der Waals surface area (Å²) >= 11 is 0. The van der Waals surface area contributed by atoms with Gasteiger partial charge in [0.1, 0.15) is 18.3 Å². The second kappa shape index (κ2) is 26.4. The van der Waals surface area contributed by atoms with E-state index in [0.29, 0.717) is 17.8 Å². The van der Waals surface area contributed by atoms with E-state index in [9.17, 15) is 33.9 Å². The summed E-state index contributed by atoms with van der Waals surface area (Å²) in [6, 6.07) is 3.16. The Bertz CT molecular complexity index is 1370. The number of amides is 6. The van der Waals surface area contributed by atoms with Gasteiger partial charge < -0.3 is 48.5 Å². The van der Waals surface area contributed by atoms with Gasteiger partial charge in [-0.15, -0.1) is 5.10 Å². The van der Waals surface area contributed by atoms with Crippen LogP contribution in [-0.2, 0) is 38.9 Å². The third-order valence-corrected chi connectivity index (χ3v) is 6.46. The minimum Gasteiger partial charge on any atom is -0.392 e. The van der Waals surface area contributed by atoms with Crippen LogP contribution in [0, 0.1) is 5.92 Å². The zero-order valence-corrected chi connectivity index (χ0v) is 30.7. The molecule has 50 heavy (non-hydrogen) atoms. The lowest BCUT2D eigenvalue weighted by Gasteiger charge is -2.21. The Labute approximate surface area is 295 Å². The molecule has 0 spiro atoms. The predicted octanol–water partition coefficient (Wildman–Crippen LogP) is -0.673. The highest BCUT2D eigenvalue weighted by Crippen LogP contribution is 2.17. The van der Waals surface area contributed by atoms with Crippen molar-refractivity contribution < 1.29 is 33.9 Å². The van der Waals surface area contributed by atoms with Crippen molar-refractivity contribution in [2.75, 3.05) is 38.5 Å². The van der Waals surface area contributed by atoms with E-state index in [-0.39, 0.29) is 54.8 Å². The SMILES string of the molecule is CCCCN.CCCNC(N)=O.CNCC(=O)NC(C(=O)NCC(=O)Nc1ccc(CO)c(C(=O)NCc2cn(CC(=O)P)nn2)c1)C(C)C. The van der Waals surface area contributed by atoms with Crippen molar-refractivity contribution in [2.45, 2.75) is 72.7 Å². The number of hydrogen-bond acceptors (Lipinski definition) is 11. The molecule has 19 heteroatoms. The zero-order valence-electron chi connectivity index (χ0n) is 29.5. The number of aromatic nitrogens is 3. The van der Waals surface area contributed by atoms with Crippen LogP contribution in [0.4, 0.5) is 10.5 Å². The van der Waals surface area contributed by atoms with Crippen LogP contribution < -0.4 is 43.4 Å². The van der Waals surface area contributed by atoms with Crippen molar-refractivity contribution in [1.82, 2.24) is 41.6 Å². The van der Waals surface area contributed by atoms with Gasteiger partial charge in [-0.1, -0.05) is 54.6 Å². The third-order valence-electron chi connectivity index (χ3n) is 6.28. The zero-order chi connectivity index (χ0) is 38.1. The molecule has 11 N–H and O–H groups in total. The van der Waals surface area contributed by atoms with E-state index in [0.717, 1.165) is 13.0 Å². The van der Waals surface area contributed by atoms with Crippen LogP contribution in [0.1, 0.15) is 68.6 Å². The molecule has 0 saturated heterocycles. The molecule has 0 radical (unpaired) electrons. The monoisotopic (exact) mass is 723 g/mol. The van der Waals surface area contributed by atoms with Gasteiger partial charge in [0.05, 0.1) is 32.4 Å². The van der Waals surface area contributed by atoms with Gasteiger partial charge in [0.25, 0.3) is 5.91 Å². The van der Waals surface area contributed by atoms with Crippen molar-refractivity contribution in [3.63, 3.8) is 0 Å². The van der Waals surface area contributed by atoms with E-state index in [1.807, 2.05) is 16.2 Å². The number of urea groups is 1. The van der Waals surface area contributed by atoms with E-state index in [1.54, 1.807) is 20.9 Å². The standard InChI is InChI=1S/C23H33N8O6P.C4H10N2O.C4H11N/c1-13(2)21(28-18(33)8-24-3)23(37)26-9-19(34)27-15-5-4-14(12-32)17(6-15)22(36)25-7-16-10-31(30-29-16)11-20(35)38;1-2-3-6-4(5)7;1-2-3-4-5/h4-6,10,13,21,24,32H,7-9,11-12,38H2,1-3H3,(H,25,36)(H,26,37)(H,27,34)(H,28,33);2-3H2,1H3,(H3,5,6,7);2-5H2,1H3. The lowest BCUT2D eigenvalue weighted by atomic mass is 10.0. The average Bonchev–Trinajstić information content (AvgIpc) is 3.51. The molecule has 1 aromatic heterocycles. The Hall–Kier alpha value is -4.51. The molecule has 2 rings (SSSR count). The summed E-state index contributed by atoms with van der Waals surface area (Å²) in [5.41, 5.74) is 10.9. The van der Waals surface area contributed by atoms with Gasteiger partial charge in [-0.2, -0.15) is 0 Å². The topological polar surface area (TPSA) is 278 Å². The highest BCUT2D eigenvalue weighted by atomic mass is 31.0. The van der Waals surface area contributed by atoms with Crippen molar-refractivity contribution in [2.24, 2.45) is 17.4 Å². The van der Waals surface area contributed by atoms with E-state index < -0.39 is 36.4 Å². The summed E-state index contributed by atoms with van der Waals surface area (Å²) in [5, 5.41) is 32.8. The van der Waals surface area contributed by atoms with E-state index in [1.165, 1.54) is 41.9 Å². The van der Waals surface area contributed by atoms with Crippen LogP contribution in [0.25, 0.3) is 0 Å². The molecule has 1 heterocycles. The summed E-state index contributed by atoms with van der Waals surface area (Å²) in [6.45, 7) is 8.51. The first-order valence-electron chi connectivity index (χ1n) is 16.2. The summed E-state index contributed by atoms with van der Waals surface area (Å²) in [4.78, 5) is 70.6. The molecule has 0 fully saturated rings. The average molecular weight is 724 g/mol. The minimum absolute atomic E-state index is 0.0270. The van der Waals surface area contributed by atoms with E-state index >= 15 is 0 Å². The number of hydrogen-bond donors (Lipinski definition) is 9. The maximum absolute atomic E-state index is 12.8. The van der Waals surface area contributed by atoms with Gasteiger partial charge in [-0.05, 0) is 50.0 Å². The molecular formula is C31H54N11O7P. The van der Waals surface area contributed by atoms with Gasteiger partial charge in [-0.25, -0.2) is 9.48 Å². The number of anilines is 1. The van der Waals surface area contributed by atoms with E-state index in [2.05, 4.69) is 49.1 Å². The summed E-state index contributed by atoms with van der Waals surface area (Å²) in [5.74, 6) is -2.13. The minimum atomic E-state index is -0.814. The summed E-state index contributed by atoms with van der Waals surface area (Å²) in [6.07, 6.45) is 4.84. The Balaban J connectivity index is 0.00000170. The van der Waals surface area contributed by atoms with Gasteiger partial charge in [0.15, 0.2) is 5.52 Å². The van der Waals surface area contributed by atoms with Crippen LogP contribution in [0.15, 0.2) is 24.4 Å². The highest BCUT2D eigenvalue weighted by Gasteiger charge is 2.24. The number of carbonyl (C=O) groups excluding carboxylic acids is 6. The number of carbonyl (C=O) groups is 6. The molecule has 2 aromatic rings. The molecule has 1 aromatic carbocycles. The first-order chi connectivity index (χ1) is 23.7. The maximum atomic E-state index is 12.8. The van der Waals surface area contributed by atoms with Gasteiger partial charge in [-0.3, -0.25) is 24.0 Å². The fourth-order valence-electron chi connectivity index (χ4n) is 3.78. The van der Waals surface area contributed by atoms with Crippen LogP contribution in [-0.4, -0.2) is 94.6 Å². The fourth-order valence-corrected chi connectivity index (χ4v) is 3.97. The highest BCUT2D eigenvalue weighted by molar-refractivity contribution is 7.39. The smallest absolute Gasteiger partial charge is 0.312 e. The van der Waals surface area contributed by atoms with Crippen LogP contribution >= 0.6 is 9.24 Å². The summed E-state index contributed by atoms with van der Waals surface area (Å²) < 4.78 is 1.34. The van der Waals surface area contributed by atoms with E-state index in [4.69, 9.17) is 11.5 Å². The summed E-state index contributed by atoms with van der Waals surface area (Å²) in [7, 11) is 3.65. The molecule has 280 valence electrons. The molecule has 2 unspecified atom stereocenters. The number of nitrogens with zero attached hydrogens (tertiary/aromatic N) is 3. The molecule has 0 aliphatic rings. The Kier molecular flexibility index (Phi) is 24.0. The second-order valence-electron chi connectivity index (χ2n) is 11.1.